The number of aliphatic carboxylic acids is 1. The molecule has 0 heterocycles. The molecule has 0 unspecified atom stereocenters. The van der Waals surface area contributed by atoms with Crippen LogP contribution >= 0.6 is 0 Å². The third kappa shape index (κ3) is 7.97. The number of unbranched alkanes of at least 4 members (excludes halogenated alkanes) is 3. The highest BCUT2D eigenvalue weighted by Crippen LogP contribution is 2.34. The van der Waals surface area contributed by atoms with E-state index in [-0.39, 0.29) is 11.6 Å². The predicted octanol–water partition coefficient (Wildman–Crippen LogP) is 6.36. The molecule has 0 aliphatic rings. The van der Waals surface area contributed by atoms with Crippen molar-refractivity contribution in [1.29, 1.82) is 0 Å². The lowest BCUT2D eigenvalue weighted by Crippen LogP contribution is -2.37. The van der Waals surface area contributed by atoms with Gasteiger partial charge in [-0.25, -0.2) is 9.59 Å². The lowest BCUT2D eigenvalue weighted by Gasteiger charge is -2.20. The quantitative estimate of drug-likeness (QED) is 0.290. The molecule has 0 fully saturated rings. The summed E-state index contributed by atoms with van der Waals surface area (Å²) in [6, 6.07) is 13.3. The van der Waals surface area contributed by atoms with E-state index in [1.165, 1.54) is 0 Å². The van der Waals surface area contributed by atoms with Crippen molar-refractivity contribution < 1.29 is 19.4 Å². The van der Waals surface area contributed by atoms with Gasteiger partial charge >= 0.3 is 12.0 Å². The van der Waals surface area contributed by atoms with Gasteiger partial charge in [0.15, 0.2) is 0 Å². The molecule has 0 saturated heterocycles. The Morgan fingerprint density at radius 3 is 2.52 bits per heavy atom. The first-order chi connectivity index (χ1) is 15.9. The Kier molecular flexibility index (Phi) is 10.5. The van der Waals surface area contributed by atoms with Gasteiger partial charge < -0.3 is 15.2 Å². The van der Waals surface area contributed by atoms with Crippen LogP contribution in [0.1, 0.15) is 58.4 Å². The Hall–Kier alpha value is -3.28. The number of carbonyl (C=O) groups excluding carboxylic acids is 1. The van der Waals surface area contributed by atoms with Gasteiger partial charge in [0.25, 0.3) is 0 Å². The molecule has 0 aliphatic heterocycles. The van der Waals surface area contributed by atoms with Gasteiger partial charge in [-0.1, -0.05) is 57.4 Å². The van der Waals surface area contributed by atoms with Crippen molar-refractivity contribution in [3.63, 3.8) is 0 Å². The zero-order valence-corrected chi connectivity index (χ0v) is 20.2. The lowest BCUT2D eigenvalue weighted by molar-refractivity contribution is -0.132. The summed E-state index contributed by atoms with van der Waals surface area (Å²) in [4.78, 5) is 25.4. The lowest BCUT2D eigenvalue weighted by atomic mass is 10.0. The molecule has 178 valence electrons. The van der Waals surface area contributed by atoms with Gasteiger partial charge in [0.05, 0.1) is 6.61 Å². The van der Waals surface area contributed by atoms with Crippen molar-refractivity contribution in [2.75, 3.05) is 25.1 Å². The van der Waals surface area contributed by atoms with Crippen LogP contribution in [0.15, 0.2) is 48.0 Å². The summed E-state index contributed by atoms with van der Waals surface area (Å²) in [5.74, 6) is -0.254. The van der Waals surface area contributed by atoms with Gasteiger partial charge in [-0.2, -0.15) is 0 Å². The molecule has 6 nitrogen and oxygen atoms in total. The fourth-order valence-corrected chi connectivity index (χ4v) is 3.31. The van der Waals surface area contributed by atoms with E-state index in [1.807, 2.05) is 42.5 Å². The normalized spacial score (nSPS) is 11.2. The maximum Gasteiger partial charge on any atom is 0.331 e. The SMILES string of the molecule is CCCCCNC(=O)N(C)c1cccc(-c2ccc(/C=C(/C)C(=O)O)cc2OCCCC)c1. The van der Waals surface area contributed by atoms with Gasteiger partial charge in [0, 0.05) is 30.4 Å². The highest BCUT2D eigenvalue weighted by atomic mass is 16.5. The van der Waals surface area contributed by atoms with Crippen molar-refractivity contribution >= 4 is 23.8 Å². The van der Waals surface area contributed by atoms with E-state index in [0.29, 0.717) is 18.9 Å². The monoisotopic (exact) mass is 452 g/mol. The van der Waals surface area contributed by atoms with Crippen LogP contribution in [0.3, 0.4) is 0 Å². The molecular formula is C27H36N2O4. The average molecular weight is 453 g/mol. The molecule has 0 atom stereocenters. The number of hydrogen-bond acceptors (Lipinski definition) is 3. The number of nitrogens with one attached hydrogen (secondary N) is 1. The molecule has 2 aromatic rings. The molecule has 0 saturated carbocycles. The molecule has 0 aromatic heterocycles. The molecule has 2 amide bonds. The molecule has 33 heavy (non-hydrogen) atoms. The Bertz CT molecular complexity index is 968. The van der Waals surface area contributed by atoms with Gasteiger partial charge in [-0.15, -0.1) is 0 Å². The number of rotatable bonds is 12. The molecule has 0 aliphatic carbocycles. The van der Waals surface area contributed by atoms with Gasteiger partial charge in [0.1, 0.15) is 5.75 Å². The van der Waals surface area contributed by atoms with Crippen LogP contribution in [-0.4, -0.2) is 37.3 Å². The number of carboxylic acids is 1. The fraction of sp³-hybridized carbons (Fsp3) is 0.407. The van der Waals surface area contributed by atoms with E-state index in [2.05, 4.69) is 19.2 Å². The maximum atomic E-state index is 12.5. The fourth-order valence-electron chi connectivity index (χ4n) is 3.31. The van der Waals surface area contributed by atoms with Gasteiger partial charge in [0.2, 0.25) is 0 Å². The summed E-state index contributed by atoms with van der Waals surface area (Å²) in [5, 5.41) is 12.2. The first-order valence-electron chi connectivity index (χ1n) is 11.7. The van der Waals surface area contributed by atoms with E-state index in [4.69, 9.17) is 4.74 Å². The predicted molar refractivity (Wildman–Crippen MR) is 135 cm³/mol. The number of nitrogens with zero attached hydrogens (tertiary/aromatic N) is 1. The second-order valence-corrected chi connectivity index (χ2v) is 8.14. The number of amides is 2. The Morgan fingerprint density at radius 2 is 1.82 bits per heavy atom. The standard InChI is InChI=1S/C27H36N2O4/c1-5-7-9-15-28-27(32)29(4)23-12-10-11-22(19-23)24-14-13-21(17-20(3)26(30)31)18-25(24)33-16-8-6-2/h10-14,17-19H,5-9,15-16H2,1-4H3,(H,28,32)(H,30,31)/b20-17-. The second-order valence-electron chi connectivity index (χ2n) is 8.14. The molecule has 0 bridgehead atoms. The number of anilines is 1. The minimum absolute atomic E-state index is 0.132. The molecule has 2 rings (SSSR count). The Balaban J connectivity index is 2.31. The molecular weight excluding hydrogens is 416 g/mol. The number of urea groups is 1. The summed E-state index contributed by atoms with van der Waals surface area (Å²) in [5.41, 5.74) is 3.64. The van der Waals surface area contributed by atoms with Crippen molar-refractivity contribution in [1.82, 2.24) is 5.32 Å². The first kappa shape index (κ1) is 26.0. The molecule has 6 heteroatoms. The van der Waals surface area contributed by atoms with Crippen molar-refractivity contribution in [3.8, 4) is 16.9 Å². The zero-order valence-electron chi connectivity index (χ0n) is 20.2. The van der Waals surface area contributed by atoms with Crippen LogP contribution in [-0.2, 0) is 4.79 Å². The maximum absolute atomic E-state index is 12.5. The largest absolute Gasteiger partial charge is 0.493 e. The minimum Gasteiger partial charge on any atom is -0.493 e. The first-order valence-corrected chi connectivity index (χ1v) is 11.7. The van der Waals surface area contributed by atoms with E-state index >= 15 is 0 Å². The highest BCUT2D eigenvalue weighted by Gasteiger charge is 2.13. The van der Waals surface area contributed by atoms with Crippen LogP contribution in [0.2, 0.25) is 0 Å². The third-order valence-corrected chi connectivity index (χ3v) is 5.39. The molecule has 0 radical (unpaired) electrons. The van der Waals surface area contributed by atoms with Crippen LogP contribution in [0.5, 0.6) is 5.75 Å². The van der Waals surface area contributed by atoms with Crippen molar-refractivity contribution in [2.45, 2.75) is 52.9 Å². The van der Waals surface area contributed by atoms with Gasteiger partial charge in [-0.3, -0.25) is 4.90 Å². The summed E-state index contributed by atoms with van der Waals surface area (Å²) in [6.07, 6.45) is 6.75. The molecule has 2 N–H and O–H groups in total. The topological polar surface area (TPSA) is 78.9 Å². The van der Waals surface area contributed by atoms with Crippen molar-refractivity contribution in [2.24, 2.45) is 0 Å². The summed E-state index contributed by atoms with van der Waals surface area (Å²) in [7, 11) is 1.76. The number of ether oxygens (including phenoxy) is 1. The Labute approximate surface area is 197 Å². The number of benzene rings is 2. The van der Waals surface area contributed by atoms with Crippen LogP contribution in [0.4, 0.5) is 10.5 Å². The van der Waals surface area contributed by atoms with E-state index in [9.17, 15) is 14.7 Å². The third-order valence-electron chi connectivity index (χ3n) is 5.39. The highest BCUT2D eigenvalue weighted by molar-refractivity contribution is 5.93. The minimum atomic E-state index is -0.948. The molecule has 0 spiro atoms. The van der Waals surface area contributed by atoms with Gasteiger partial charge in [-0.05, 0) is 55.2 Å². The second kappa shape index (κ2) is 13.3. The average Bonchev–Trinajstić information content (AvgIpc) is 2.81. The number of carbonyl (C=O) groups is 2. The summed E-state index contributed by atoms with van der Waals surface area (Å²) >= 11 is 0. The van der Waals surface area contributed by atoms with E-state index in [0.717, 1.165) is 54.5 Å². The van der Waals surface area contributed by atoms with E-state index in [1.54, 1.807) is 24.9 Å². The zero-order chi connectivity index (χ0) is 24.2. The van der Waals surface area contributed by atoms with E-state index < -0.39 is 5.97 Å². The smallest absolute Gasteiger partial charge is 0.331 e. The summed E-state index contributed by atoms with van der Waals surface area (Å²) in [6.45, 7) is 7.05. The van der Waals surface area contributed by atoms with Crippen LogP contribution < -0.4 is 15.0 Å². The van der Waals surface area contributed by atoms with Crippen LogP contribution in [0.25, 0.3) is 17.2 Å². The number of hydrogen-bond donors (Lipinski definition) is 2. The van der Waals surface area contributed by atoms with Crippen molar-refractivity contribution in [3.05, 3.63) is 53.6 Å². The van der Waals surface area contributed by atoms with Crippen LogP contribution in [0, 0.1) is 0 Å². The molecule has 2 aromatic carbocycles. The Morgan fingerprint density at radius 1 is 1.06 bits per heavy atom. The number of carboxylic acid groups (broad SMARTS) is 1. The summed E-state index contributed by atoms with van der Waals surface area (Å²) < 4.78 is 6.07.